The van der Waals surface area contributed by atoms with Crippen molar-refractivity contribution in [3.05, 3.63) is 65.3 Å². The number of hydrogen-bond acceptors (Lipinski definition) is 4. The first-order chi connectivity index (χ1) is 13.7. The Bertz CT molecular complexity index is 979. The first-order valence-corrected chi connectivity index (χ1v) is 9.41. The number of methoxy groups -OCH3 is 1. The minimum atomic E-state index is -0.0788. The molecule has 1 aliphatic rings. The van der Waals surface area contributed by atoms with Gasteiger partial charge in [0.15, 0.2) is 0 Å². The van der Waals surface area contributed by atoms with E-state index in [0.29, 0.717) is 42.7 Å². The second-order valence-electron chi connectivity index (χ2n) is 6.41. The summed E-state index contributed by atoms with van der Waals surface area (Å²) >= 11 is 6.36. The first-order valence-electron chi connectivity index (χ1n) is 9.04. The molecule has 4 rings (SSSR count). The van der Waals surface area contributed by atoms with Gasteiger partial charge in [-0.1, -0.05) is 29.8 Å². The van der Waals surface area contributed by atoms with Crippen LogP contribution in [0.5, 0.6) is 5.75 Å². The summed E-state index contributed by atoms with van der Waals surface area (Å²) in [5.41, 5.74) is 2.70. The molecule has 0 unspecified atom stereocenters. The highest BCUT2D eigenvalue weighted by molar-refractivity contribution is 6.33. The Hall–Kier alpha value is -2.83. The van der Waals surface area contributed by atoms with Gasteiger partial charge in [-0.05, 0) is 36.4 Å². The van der Waals surface area contributed by atoms with Crippen molar-refractivity contribution in [2.45, 2.75) is 0 Å². The lowest BCUT2D eigenvalue weighted by Crippen LogP contribution is -2.41. The van der Waals surface area contributed by atoms with E-state index in [-0.39, 0.29) is 5.91 Å². The van der Waals surface area contributed by atoms with Gasteiger partial charge in [0.25, 0.3) is 5.91 Å². The summed E-state index contributed by atoms with van der Waals surface area (Å²) in [6, 6.07) is 16.7. The number of morpholine rings is 1. The van der Waals surface area contributed by atoms with Crippen LogP contribution in [0.3, 0.4) is 0 Å². The number of amides is 1. The molecule has 0 saturated carbocycles. The Morgan fingerprint density at radius 2 is 1.82 bits per heavy atom. The molecule has 3 aromatic rings. The smallest absolute Gasteiger partial charge is 0.272 e. The summed E-state index contributed by atoms with van der Waals surface area (Å²) in [7, 11) is 1.62. The average molecular weight is 398 g/mol. The number of halogens is 1. The van der Waals surface area contributed by atoms with Crippen LogP contribution in [0.25, 0.3) is 16.9 Å². The lowest BCUT2D eigenvalue weighted by molar-refractivity contribution is 0.0297. The van der Waals surface area contributed by atoms with Gasteiger partial charge in [0.1, 0.15) is 11.4 Å². The third-order valence-corrected chi connectivity index (χ3v) is 5.02. The van der Waals surface area contributed by atoms with E-state index in [1.54, 1.807) is 22.8 Å². The van der Waals surface area contributed by atoms with E-state index in [1.807, 2.05) is 48.5 Å². The van der Waals surface area contributed by atoms with Crippen LogP contribution in [0.2, 0.25) is 5.02 Å². The molecular weight excluding hydrogens is 378 g/mol. The molecule has 0 aliphatic carbocycles. The highest BCUT2D eigenvalue weighted by Gasteiger charge is 2.24. The molecule has 7 heteroatoms. The highest BCUT2D eigenvalue weighted by atomic mass is 35.5. The molecule has 0 N–H and O–H groups in total. The zero-order valence-electron chi connectivity index (χ0n) is 15.5. The van der Waals surface area contributed by atoms with Crippen LogP contribution >= 0.6 is 11.6 Å². The third-order valence-electron chi connectivity index (χ3n) is 4.69. The van der Waals surface area contributed by atoms with Crippen molar-refractivity contribution in [3.8, 4) is 22.7 Å². The fraction of sp³-hybridized carbons (Fsp3) is 0.238. The molecule has 1 amide bonds. The van der Waals surface area contributed by atoms with E-state index >= 15 is 0 Å². The molecule has 6 nitrogen and oxygen atoms in total. The average Bonchev–Trinajstić information content (AvgIpc) is 3.19. The highest BCUT2D eigenvalue weighted by Crippen LogP contribution is 2.29. The molecule has 1 saturated heterocycles. The molecular formula is C21H20ClN3O3. The van der Waals surface area contributed by atoms with Crippen LogP contribution in [0, 0.1) is 0 Å². The second kappa shape index (κ2) is 8.04. The summed E-state index contributed by atoms with van der Waals surface area (Å²) in [5.74, 6) is 0.660. The Labute approximate surface area is 168 Å². The van der Waals surface area contributed by atoms with Gasteiger partial charge in [0.05, 0.1) is 36.7 Å². The zero-order valence-corrected chi connectivity index (χ0v) is 16.2. The SMILES string of the molecule is COc1ccc(-n2nc(-c3ccccc3Cl)cc2C(=O)N2CCOCC2)cc1. The molecule has 1 fully saturated rings. The maximum atomic E-state index is 13.2. The predicted octanol–water partition coefficient (Wildman–Crippen LogP) is 3.67. The van der Waals surface area contributed by atoms with E-state index in [2.05, 4.69) is 0 Å². The number of carbonyl (C=O) groups is 1. The van der Waals surface area contributed by atoms with Crippen LogP contribution in [0.15, 0.2) is 54.6 Å². The summed E-state index contributed by atoms with van der Waals surface area (Å²) in [5, 5.41) is 5.29. The lowest BCUT2D eigenvalue weighted by atomic mass is 10.1. The third kappa shape index (κ3) is 3.61. The van der Waals surface area contributed by atoms with Crippen LogP contribution in [0.4, 0.5) is 0 Å². The number of ether oxygens (including phenoxy) is 2. The molecule has 0 atom stereocenters. The molecule has 1 aromatic heterocycles. The molecule has 0 bridgehead atoms. The maximum Gasteiger partial charge on any atom is 0.272 e. The van der Waals surface area contributed by atoms with Crippen molar-refractivity contribution in [1.82, 2.24) is 14.7 Å². The van der Waals surface area contributed by atoms with Crippen LogP contribution < -0.4 is 4.74 Å². The fourth-order valence-electron chi connectivity index (χ4n) is 3.18. The second-order valence-corrected chi connectivity index (χ2v) is 6.82. The Morgan fingerprint density at radius 3 is 2.50 bits per heavy atom. The molecule has 1 aliphatic heterocycles. The van der Waals surface area contributed by atoms with Gasteiger partial charge < -0.3 is 14.4 Å². The first kappa shape index (κ1) is 18.5. The monoisotopic (exact) mass is 397 g/mol. The normalized spacial score (nSPS) is 14.1. The van der Waals surface area contributed by atoms with Crippen molar-refractivity contribution < 1.29 is 14.3 Å². The van der Waals surface area contributed by atoms with Crippen LogP contribution in [-0.2, 0) is 4.74 Å². The summed E-state index contributed by atoms with van der Waals surface area (Å²) in [6.07, 6.45) is 0. The Kier molecular flexibility index (Phi) is 5.32. The van der Waals surface area contributed by atoms with Crippen LogP contribution in [-0.4, -0.2) is 54.0 Å². The lowest BCUT2D eigenvalue weighted by Gasteiger charge is -2.26. The molecule has 2 aromatic carbocycles. The Morgan fingerprint density at radius 1 is 1.11 bits per heavy atom. The Balaban J connectivity index is 1.79. The number of rotatable bonds is 4. The minimum Gasteiger partial charge on any atom is -0.497 e. The van der Waals surface area contributed by atoms with Gasteiger partial charge in [-0.3, -0.25) is 4.79 Å². The van der Waals surface area contributed by atoms with Gasteiger partial charge in [-0.15, -0.1) is 0 Å². The molecule has 144 valence electrons. The fourth-order valence-corrected chi connectivity index (χ4v) is 3.42. The van der Waals surface area contributed by atoms with Crippen molar-refractivity contribution in [1.29, 1.82) is 0 Å². The van der Waals surface area contributed by atoms with Gasteiger partial charge in [0, 0.05) is 18.7 Å². The van der Waals surface area contributed by atoms with Crippen molar-refractivity contribution in [2.24, 2.45) is 0 Å². The number of benzene rings is 2. The molecule has 2 heterocycles. The zero-order chi connectivity index (χ0) is 19.5. The van der Waals surface area contributed by atoms with E-state index in [0.717, 1.165) is 17.0 Å². The van der Waals surface area contributed by atoms with Crippen molar-refractivity contribution in [2.75, 3.05) is 33.4 Å². The van der Waals surface area contributed by atoms with Crippen molar-refractivity contribution in [3.63, 3.8) is 0 Å². The van der Waals surface area contributed by atoms with E-state index in [1.165, 1.54) is 0 Å². The predicted molar refractivity (Wildman–Crippen MR) is 107 cm³/mol. The van der Waals surface area contributed by atoms with Gasteiger partial charge in [0.2, 0.25) is 0 Å². The number of carbonyl (C=O) groups excluding carboxylic acids is 1. The minimum absolute atomic E-state index is 0.0788. The molecule has 28 heavy (non-hydrogen) atoms. The van der Waals surface area contributed by atoms with Gasteiger partial charge in [-0.25, -0.2) is 4.68 Å². The van der Waals surface area contributed by atoms with E-state index in [9.17, 15) is 4.79 Å². The van der Waals surface area contributed by atoms with Gasteiger partial charge >= 0.3 is 0 Å². The summed E-state index contributed by atoms with van der Waals surface area (Å²) in [6.45, 7) is 2.21. The molecule has 0 radical (unpaired) electrons. The number of nitrogens with zero attached hydrogens (tertiary/aromatic N) is 3. The van der Waals surface area contributed by atoms with Gasteiger partial charge in [-0.2, -0.15) is 5.10 Å². The number of aromatic nitrogens is 2. The largest absolute Gasteiger partial charge is 0.497 e. The van der Waals surface area contributed by atoms with Crippen molar-refractivity contribution >= 4 is 17.5 Å². The van der Waals surface area contributed by atoms with E-state index < -0.39 is 0 Å². The summed E-state index contributed by atoms with van der Waals surface area (Å²) in [4.78, 5) is 15.0. The quantitative estimate of drug-likeness (QED) is 0.674. The topological polar surface area (TPSA) is 56.6 Å². The number of hydrogen-bond donors (Lipinski definition) is 0. The molecule has 0 spiro atoms. The summed E-state index contributed by atoms with van der Waals surface area (Å²) < 4.78 is 12.3. The standard InChI is InChI=1S/C21H20ClN3O3/c1-27-16-8-6-15(7-9-16)25-20(21(26)24-10-12-28-13-11-24)14-19(23-25)17-4-2-3-5-18(17)22/h2-9,14H,10-13H2,1H3. The van der Waals surface area contributed by atoms with E-state index in [4.69, 9.17) is 26.2 Å². The maximum absolute atomic E-state index is 13.2. The van der Waals surface area contributed by atoms with Crippen LogP contribution in [0.1, 0.15) is 10.5 Å².